The van der Waals surface area contributed by atoms with Crippen molar-refractivity contribution in [3.05, 3.63) is 0 Å². The predicted molar refractivity (Wildman–Crippen MR) is 47.5 cm³/mol. The van der Waals surface area contributed by atoms with Gasteiger partial charge in [-0.1, -0.05) is 0 Å². The minimum Gasteiger partial charge on any atom is -0.317 e. The van der Waals surface area contributed by atoms with Gasteiger partial charge in [0.05, 0.1) is 6.10 Å². The van der Waals surface area contributed by atoms with Crippen molar-refractivity contribution in [1.82, 2.24) is 10.9 Å². The van der Waals surface area contributed by atoms with E-state index < -0.39 is 6.61 Å². The maximum Gasteiger partial charge on any atom is 0.345 e. The normalized spacial score (nSPS) is 17.7. The highest BCUT2D eigenvalue weighted by molar-refractivity contribution is 8.93. The van der Waals surface area contributed by atoms with Crippen LogP contribution in [0.4, 0.5) is 8.78 Å². The van der Waals surface area contributed by atoms with Gasteiger partial charge in [-0.2, -0.15) is 8.78 Å². The predicted octanol–water partition coefficient (Wildman–Crippen LogP) is 0.858. The molecule has 2 N–H and O–H groups in total. The lowest BCUT2D eigenvalue weighted by atomic mass is 10.4. The fraction of sp³-hybridized carbons (Fsp3) is 1.00. The number of nitrogens with one attached hydrogen (secondary N) is 2. The molecule has 0 aromatic rings. The Kier molecular flexibility index (Phi) is 9.52. The SMILES string of the molecule is Br.Br.FC(F)OC1CNNC1. The van der Waals surface area contributed by atoms with Gasteiger partial charge in [0.25, 0.3) is 0 Å². The Bertz CT molecular complexity index is 92.2. The number of ether oxygens (including phenoxy) is 1. The van der Waals surface area contributed by atoms with Gasteiger partial charge in [-0.05, 0) is 0 Å². The molecule has 1 heterocycles. The van der Waals surface area contributed by atoms with Crippen molar-refractivity contribution in [3.8, 4) is 0 Å². The molecule has 11 heavy (non-hydrogen) atoms. The number of hydrazine groups is 1. The van der Waals surface area contributed by atoms with Crippen molar-refractivity contribution < 1.29 is 13.5 Å². The number of alkyl halides is 2. The van der Waals surface area contributed by atoms with Crippen LogP contribution in [0.15, 0.2) is 0 Å². The molecule has 0 radical (unpaired) electrons. The molecule has 70 valence electrons. The lowest BCUT2D eigenvalue weighted by molar-refractivity contribution is -0.154. The van der Waals surface area contributed by atoms with Crippen LogP contribution in [0.5, 0.6) is 0 Å². The maximum atomic E-state index is 11.4. The molecule has 0 saturated carbocycles. The molecule has 3 nitrogen and oxygen atoms in total. The zero-order chi connectivity index (χ0) is 6.69. The van der Waals surface area contributed by atoms with Crippen LogP contribution in [-0.2, 0) is 4.74 Å². The Morgan fingerprint density at radius 2 is 1.64 bits per heavy atom. The standard InChI is InChI=1S/C4H8F2N2O.2BrH/c5-4(6)9-3-1-7-8-2-3;;/h3-4,7-8H,1-2H2;2*1H. The second-order valence-electron chi connectivity index (χ2n) is 1.78. The van der Waals surface area contributed by atoms with Gasteiger partial charge in [0.2, 0.25) is 0 Å². The van der Waals surface area contributed by atoms with Crippen LogP contribution in [0.3, 0.4) is 0 Å². The molecule has 0 aromatic heterocycles. The Labute approximate surface area is 84.4 Å². The van der Waals surface area contributed by atoms with Crippen LogP contribution in [0.1, 0.15) is 0 Å². The first-order valence-corrected chi connectivity index (χ1v) is 2.68. The minimum atomic E-state index is -2.66. The summed E-state index contributed by atoms with van der Waals surface area (Å²) in [5.74, 6) is 0. The molecule has 1 saturated heterocycles. The van der Waals surface area contributed by atoms with E-state index in [0.717, 1.165) is 0 Å². The van der Waals surface area contributed by atoms with E-state index in [2.05, 4.69) is 15.6 Å². The van der Waals surface area contributed by atoms with Crippen molar-refractivity contribution in [2.45, 2.75) is 12.7 Å². The zero-order valence-corrected chi connectivity index (χ0v) is 8.98. The summed E-state index contributed by atoms with van der Waals surface area (Å²) in [4.78, 5) is 0. The Morgan fingerprint density at radius 1 is 1.18 bits per heavy atom. The number of hydrogen-bond acceptors (Lipinski definition) is 3. The monoisotopic (exact) mass is 298 g/mol. The van der Waals surface area contributed by atoms with Crippen molar-refractivity contribution in [2.75, 3.05) is 13.1 Å². The van der Waals surface area contributed by atoms with Crippen LogP contribution in [0.25, 0.3) is 0 Å². The number of hydrogen-bond donors (Lipinski definition) is 2. The van der Waals surface area contributed by atoms with E-state index in [1.807, 2.05) is 0 Å². The average Bonchev–Trinajstić information content (AvgIpc) is 2.15. The molecule has 7 heteroatoms. The Morgan fingerprint density at radius 3 is 2.00 bits per heavy atom. The van der Waals surface area contributed by atoms with Crippen LogP contribution in [-0.4, -0.2) is 25.8 Å². The molecular weight excluding hydrogens is 290 g/mol. The summed E-state index contributed by atoms with van der Waals surface area (Å²) in [6, 6.07) is 0. The van der Waals surface area contributed by atoms with E-state index >= 15 is 0 Å². The largest absolute Gasteiger partial charge is 0.345 e. The van der Waals surface area contributed by atoms with Gasteiger partial charge in [0.1, 0.15) is 0 Å². The lowest BCUT2D eigenvalue weighted by Crippen LogP contribution is -2.21. The van der Waals surface area contributed by atoms with Gasteiger partial charge in [0.15, 0.2) is 0 Å². The summed E-state index contributed by atoms with van der Waals surface area (Å²) < 4.78 is 27.0. The van der Waals surface area contributed by atoms with Crippen molar-refractivity contribution >= 4 is 34.0 Å². The molecule has 0 bridgehead atoms. The highest BCUT2D eigenvalue weighted by Gasteiger charge is 2.18. The number of rotatable bonds is 2. The lowest BCUT2D eigenvalue weighted by Gasteiger charge is -2.06. The first-order valence-electron chi connectivity index (χ1n) is 2.68. The van der Waals surface area contributed by atoms with Gasteiger partial charge >= 0.3 is 6.61 Å². The van der Waals surface area contributed by atoms with E-state index in [-0.39, 0.29) is 40.1 Å². The summed E-state index contributed by atoms with van der Waals surface area (Å²) in [7, 11) is 0. The van der Waals surface area contributed by atoms with E-state index in [1.165, 1.54) is 0 Å². The summed E-state index contributed by atoms with van der Waals surface area (Å²) in [5.41, 5.74) is 5.34. The quantitative estimate of drug-likeness (QED) is 0.793. The Hall–Kier alpha value is 0.700. The third-order valence-corrected chi connectivity index (χ3v) is 1.08. The van der Waals surface area contributed by atoms with E-state index in [1.54, 1.807) is 0 Å². The van der Waals surface area contributed by atoms with E-state index in [4.69, 9.17) is 0 Å². The molecule has 1 aliphatic rings. The maximum absolute atomic E-state index is 11.4. The molecule has 0 unspecified atom stereocenters. The average molecular weight is 300 g/mol. The summed E-state index contributed by atoms with van der Waals surface area (Å²) in [5, 5.41) is 0. The third kappa shape index (κ3) is 5.92. The zero-order valence-electron chi connectivity index (χ0n) is 5.55. The molecule has 0 aliphatic carbocycles. The van der Waals surface area contributed by atoms with Gasteiger partial charge in [0, 0.05) is 13.1 Å². The van der Waals surface area contributed by atoms with Crippen LogP contribution in [0.2, 0.25) is 0 Å². The van der Waals surface area contributed by atoms with E-state index in [9.17, 15) is 8.78 Å². The molecule has 0 amide bonds. The smallest absolute Gasteiger partial charge is 0.317 e. The van der Waals surface area contributed by atoms with Gasteiger partial charge in [-0.15, -0.1) is 34.0 Å². The van der Waals surface area contributed by atoms with Crippen molar-refractivity contribution in [1.29, 1.82) is 0 Å². The minimum absolute atomic E-state index is 0. The molecule has 0 spiro atoms. The molecule has 0 atom stereocenters. The fourth-order valence-corrected chi connectivity index (χ4v) is 0.686. The molecule has 1 aliphatic heterocycles. The third-order valence-electron chi connectivity index (χ3n) is 1.08. The van der Waals surface area contributed by atoms with Crippen molar-refractivity contribution in [2.24, 2.45) is 0 Å². The molecule has 1 rings (SSSR count). The summed E-state index contributed by atoms with van der Waals surface area (Å²) >= 11 is 0. The number of halogens is 4. The highest BCUT2D eigenvalue weighted by Crippen LogP contribution is 2.01. The topological polar surface area (TPSA) is 33.3 Å². The first kappa shape index (κ1) is 14.2. The van der Waals surface area contributed by atoms with Crippen LogP contribution >= 0.6 is 34.0 Å². The first-order chi connectivity index (χ1) is 4.29. The van der Waals surface area contributed by atoms with Crippen molar-refractivity contribution in [3.63, 3.8) is 0 Å². The van der Waals surface area contributed by atoms with Crippen LogP contribution < -0.4 is 10.9 Å². The van der Waals surface area contributed by atoms with Gasteiger partial charge < -0.3 is 4.74 Å². The Balaban J connectivity index is 0. The van der Waals surface area contributed by atoms with Gasteiger partial charge in [-0.3, -0.25) is 10.9 Å². The fourth-order valence-electron chi connectivity index (χ4n) is 0.686. The van der Waals surface area contributed by atoms with Gasteiger partial charge in [-0.25, -0.2) is 0 Å². The van der Waals surface area contributed by atoms with E-state index in [0.29, 0.717) is 13.1 Å². The highest BCUT2D eigenvalue weighted by atomic mass is 79.9. The second kappa shape index (κ2) is 7.35. The van der Waals surface area contributed by atoms with Crippen LogP contribution in [0, 0.1) is 0 Å². The summed E-state index contributed by atoms with van der Waals surface area (Å²) in [6.45, 7) is -1.76. The second-order valence-corrected chi connectivity index (χ2v) is 1.78. The molecular formula is C4H10Br2F2N2O. The molecule has 1 fully saturated rings. The molecule has 0 aromatic carbocycles. The summed E-state index contributed by atoms with van der Waals surface area (Å²) in [6.07, 6.45) is -0.384.